The van der Waals surface area contributed by atoms with E-state index in [1.807, 2.05) is 5.32 Å². The summed E-state index contributed by atoms with van der Waals surface area (Å²) >= 11 is 3.00. The van der Waals surface area contributed by atoms with Crippen molar-refractivity contribution in [2.45, 2.75) is 12.2 Å². The summed E-state index contributed by atoms with van der Waals surface area (Å²) in [5.74, 6) is -1.47. The molecule has 0 saturated carbocycles. The van der Waals surface area contributed by atoms with Crippen LogP contribution in [0.4, 0.5) is 17.6 Å². The fourth-order valence-electron chi connectivity index (χ4n) is 1.39. The number of carbonyl (C=O) groups is 1. The summed E-state index contributed by atoms with van der Waals surface area (Å²) < 4.78 is 54.1. The molecule has 0 aliphatic rings. The van der Waals surface area contributed by atoms with E-state index in [9.17, 15) is 22.4 Å². The lowest BCUT2D eigenvalue weighted by atomic mass is 10.1. The first-order valence-corrected chi connectivity index (χ1v) is 5.87. The van der Waals surface area contributed by atoms with Crippen LogP contribution in [0.5, 0.6) is 0 Å². The van der Waals surface area contributed by atoms with Crippen LogP contribution in [0.2, 0.25) is 0 Å². The number of methoxy groups -OCH3 is 1. The Hall–Kier alpha value is -1.15. The Morgan fingerprint density at radius 1 is 1.47 bits per heavy atom. The van der Waals surface area contributed by atoms with Gasteiger partial charge in [-0.05, 0) is 17.7 Å². The van der Waals surface area contributed by atoms with Crippen molar-refractivity contribution in [2.75, 3.05) is 13.7 Å². The normalized spacial score (nSPS) is 13.2. The molecular weight excluding hydrogens is 334 g/mol. The Balaban J connectivity index is 3.00. The zero-order valence-corrected chi connectivity index (χ0v) is 11.3. The minimum absolute atomic E-state index is 0.164. The molecule has 0 amide bonds. The van der Waals surface area contributed by atoms with Gasteiger partial charge in [-0.1, -0.05) is 22.0 Å². The van der Waals surface area contributed by atoms with Gasteiger partial charge in [0.1, 0.15) is 11.9 Å². The number of hydrogen-bond donors (Lipinski definition) is 1. The van der Waals surface area contributed by atoms with Crippen molar-refractivity contribution in [3.63, 3.8) is 0 Å². The number of alkyl halides is 3. The number of esters is 1. The topological polar surface area (TPSA) is 38.3 Å². The molecule has 0 saturated heterocycles. The summed E-state index contributed by atoms with van der Waals surface area (Å²) in [6, 6.07) is 1.98. The number of rotatable bonds is 4. The van der Waals surface area contributed by atoms with Crippen LogP contribution in [0.25, 0.3) is 0 Å². The van der Waals surface area contributed by atoms with Gasteiger partial charge in [0.25, 0.3) is 0 Å². The molecule has 0 radical (unpaired) electrons. The van der Waals surface area contributed by atoms with E-state index >= 15 is 0 Å². The highest BCUT2D eigenvalue weighted by Gasteiger charge is 2.32. The van der Waals surface area contributed by atoms with Gasteiger partial charge >= 0.3 is 12.1 Å². The molecule has 8 heteroatoms. The summed E-state index contributed by atoms with van der Waals surface area (Å²) in [5.41, 5.74) is 0.164. The van der Waals surface area contributed by atoms with Crippen molar-refractivity contribution < 1.29 is 27.1 Å². The maximum atomic E-state index is 12.9. The third-order valence-electron chi connectivity index (χ3n) is 2.22. The van der Waals surface area contributed by atoms with E-state index in [-0.39, 0.29) is 10.0 Å². The fourth-order valence-corrected chi connectivity index (χ4v) is 1.97. The maximum Gasteiger partial charge on any atom is 0.401 e. The molecule has 0 aliphatic carbocycles. The molecule has 1 aromatic carbocycles. The average Bonchev–Trinajstić information content (AvgIpc) is 2.29. The third kappa shape index (κ3) is 4.79. The molecule has 0 fully saturated rings. The van der Waals surface area contributed by atoms with Gasteiger partial charge in [0.2, 0.25) is 0 Å². The highest BCUT2D eigenvalue weighted by molar-refractivity contribution is 9.10. The number of ether oxygens (including phenoxy) is 1. The van der Waals surface area contributed by atoms with E-state index in [0.717, 1.165) is 19.2 Å². The molecule has 1 rings (SSSR count). The quantitative estimate of drug-likeness (QED) is 0.674. The Morgan fingerprint density at radius 2 is 2.11 bits per heavy atom. The third-order valence-corrected chi connectivity index (χ3v) is 2.90. The number of hydrogen-bond acceptors (Lipinski definition) is 3. The lowest BCUT2D eigenvalue weighted by molar-refractivity contribution is -0.146. The minimum atomic E-state index is -4.47. The van der Waals surface area contributed by atoms with Crippen LogP contribution >= 0.6 is 15.9 Å². The molecular formula is C11H10BrF4NO2. The summed E-state index contributed by atoms with van der Waals surface area (Å²) in [6.07, 6.45) is -4.47. The first-order chi connectivity index (χ1) is 8.74. The average molecular weight is 344 g/mol. The zero-order valence-electron chi connectivity index (χ0n) is 9.72. The van der Waals surface area contributed by atoms with Gasteiger partial charge in [-0.2, -0.15) is 13.2 Å². The van der Waals surface area contributed by atoms with Crippen molar-refractivity contribution in [1.82, 2.24) is 5.32 Å². The fraction of sp³-hybridized carbons (Fsp3) is 0.364. The summed E-state index contributed by atoms with van der Waals surface area (Å²) in [6.45, 7) is -1.36. The molecule has 1 aromatic rings. The predicted molar refractivity (Wildman–Crippen MR) is 62.9 cm³/mol. The van der Waals surface area contributed by atoms with Crippen LogP contribution in [0.3, 0.4) is 0 Å². The molecule has 1 unspecified atom stereocenters. The molecule has 0 aliphatic heterocycles. The van der Waals surface area contributed by atoms with Gasteiger partial charge in [-0.15, -0.1) is 0 Å². The Labute approximate surface area is 115 Å². The smallest absolute Gasteiger partial charge is 0.401 e. The van der Waals surface area contributed by atoms with Gasteiger partial charge in [0.15, 0.2) is 0 Å². The van der Waals surface area contributed by atoms with E-state index in [2.05, 4.69) is 20.7 Å². The summed E-state index contributed by atoms with van der Waals surface area (Å²) in [7, 11) is 1.06. The van der Waals surface area contributed by atoms with Gasteiger partial charge in [-0.3, -0.25) is 5.32 Å². The van der Waals surface area contributed by atoms with Crippen molar-refractivity contribution in [1.29, 1.82) is 0 Å². The summed E-state index contributed by atoms with van der Waals surface area (Å²) in [5, 5.41) is 2.03. The molecule has 0 spiro atoms. The number of nitrogens with one attached hydrogen (secondary N) is 1. The Bertz CT molecular complexity index is 464. The van der Waals surface area contributed by atoms with Crippen LogP contribution in [-0.4, -0.2) is 25.8 Å². The van der Waals surface area contributed by atoms with Gasteiger partial charge in [0.05, 0.1) is 13.7 Å². The molecule has 106 valence electrons. The van der Waals surface area contributed by atoms with Crippen LogP contribution in [0.15, 0.2) is 22.7 Å². The van der Waals surface area contributed by atoms with Crippen LogP contribution < -0.4 is 5.32 Å². The standard InChI is InChI=1S/C11H10BrF4NO2/c1-19-10(18)9(17-5-11(14,15)16)7-3-2-6(13)4-8(7)12/h2-4,9,17H,5H2,1H3. The van der Waals surface area contributed by atoms with Crippen LogP contribution in [-0.2, 0) is 9.53 Å². The zero-order chi connectivity index (χ0) is 14.6. The maximum absolute atomic E-state index is 12.9. The van der Waals surface area contributed by atoms with Crippen LogP contribution in [0.1, 0.15) is 11.6 Å². The minimum Gasteiger partial charge on any atom is -0.468 e. The highest BCUT2D eigenvalue weighted by atomic mass is 79.9. The number of halogens is 5. The number of carbonyl (C=O) groups excluding carboxylic acids is 1. The second kappa shape index (κ2) is 6.33. The van der Waals surface area contributed by atoms with Crippen molar-refractivity contribution >= 4 is 21.9 Å². The van der Waals surface area contributed by atoms with E-state index < -0.39 is 30.5 Å². The molecule has 1 atom stereocenters. The molecule has 0 aromatic heterocycles. The van der Waals surface area contributed by atoms with Crippen molar-refractivity contribution in [3.05, 3.63) is 34.1 Å². The molecule has 0 heterocycles. The van der Waals surface area contributed by atoms with Gasteiger partial charge in [-0.25, -0.2) is 9.18 Å². The van der Waals surface area contributed by atoms with E-state index in [1.165, 1.54) is 6.07 Å². The van der Waals surface area contributed by atoms with Gasteiger partial charge < -0.3 is 4.74 Å². The Morgan fingerprint density at radius 3 is 2.58 bits per heavy atom. The molecule has 19 heavy (non-hydrogen) atoms. The molecule has 1 N–H and O–H groups in total. The summed E-state index contributed by atoms with van der Waals surface area (Å²) in [4.78, 5) is 11.5. The van der Waals surface area contributed by atoms with Crippen molar-refractivity contribution in [3.8, 4) is 0 Å². The molecule has 0 bridgehead atoms. The largest absolute Gasteiger partial charge is 0.468 e. The van der Waals surface area contributed by atoms with E-state index in [4.69, 9.17) is 0 Å². The lowest BCUT2D eigenvalue weighted by Gasteiger charge is -2.19. The predicted octanol–water partition coefficient (Wildman–Crippen LogP) is 2.95. The second-order valence-corrected chi connectivity index (χ2v) is 4.47. The highest BCUT2D eigenvalue weighted by Crippen LogP contribution is 2.26. The van der Waals surface area contributed by atoms with Crippen molar-refractivity contribution in [2.24, 2.45) is 0 Å². The second-order valence-electron chi connectivity index (χ2n) is 3.62. The van der Waals surface area contributed by atoms with Gasteiger partial charge in [0, 0.05) is 4.47 Å². The first kappa shape index (κ1) is 15.9. The Kier molecular flexibility index (Phi) is 5.30. The molecule has 3 nitrogen and oxygen atoms in total. The first-order valence-electron chi connectivity index (χ1n) is 5.07. The monoisotopic (exact) mass is 343 g/mol. The van der Waals surface area contributed by atoms with E-state index in [1.54, 1.807) is 0 Å². The lowest BCUT2D eigenvalue weighted by Crippen LogP contribution is -2.36. The number of benzene rings is 1. The van der Waals surface area contributed by atoms with E-state index in [0.29, 0.717) is 0 Å². The van der Waals surface area contributed by atoms with Crippen LogP contribution in [0, 0.1) is 5.82 Å². The SMILES string of the molecule is COC(=O)C(NCC(F)(F)F)c1ccc(F)cc1Br.